The lowest BCUT2D eigenvalue weighted by Crippen LogP contribution is -2.04. The maximum Gasteiger partial charge on any atom is 0.387 e. The number of rotatable bonds is 4. The Balaban J connectivity index is 2.59. The van der Waals surface area contributed by atoms with Gasteiger partial charge in [0.1, 0.15) is 5.75 Å². The molecule has 0 saturated heterocycles. The van der Waals surface area contributed by atoms with Crippen molar-refractivity contribution in [1.29, 1.82) is 0 Å². The summed E-state index contributed by atoms with van der Waals surface area (Å²) in [5.74, 6) is -1.36. The molecule has 2 aromatic rings. The molecule has 110 valence electrons. The lowest BCUT2D eigenvalue weighted by molar-refractivity contribution is -0.0498. The van der Waals surface area contributed by atoms with Crippen LogP contribution in [-0.4, -0.2) is 17.7 Å². The molecule has 2 aromatic carbocycles. The van der Waals surface area contributed by atoms with Crippen molar-refractivity contribution in [3.05, 3.63) is 53.1 Å². The number of benzene rings is 2. The molecule has 0 radical (unpaired) electrons. The Bertz CT molecular complexity index is 681. The molecule has 0 aromatic heterocycles. The minimum atomic E-state index is -3.00. The monoisotopic (exact) mass is 292 g/mol. The van der Waals surface area contributed by atoms with Crippen molar-refractivity contribution >= 4 is 5.97 Å². The summed E-state index contributed by atoms with van der Waals surface area (Å²) in [5, 5.41) is 9.10. The minimum absolute atomic E-state index is 0.0935. The van der Waals surface area contributed by atoms with Crippen LogP contribution in [-0.2, 0) is 0 Å². The zero-order chi connectivity index (χ0) is 15.6. The van der Waals surface area contributed by atoms with Gasteiger partial charge in [0.2, 0.25) is 0 Å². The molecule has 0 unspecified atom stereocenters. The highest BCUT2D eigenvalue weighted by molar-refractivity contribution is 5.90. The second kappa shape index (κ2) is 5.91. The fourth-order valence-corrected chi connectivity index (χ4v) is 2.10. The van der Waals surface area contributed by atoms with E-state index in [4.69, 9.17) is 5.11 Å². The summed E-state index contributed by atoms with van der Waals surface area (Å²) >= 11 is 0. The predicted octanol–water partition coefficient (Wildman–Crippen LogP) is 4.27. The molecule has 0 bridgehead atoms. The second-order valence-corrected chi connectivity index (χ2v) is 4.75. The van der Waals surface area contributed by atoms with Crippen molar-refractivity contribution in [1.82, 2.24) is 0 Å². The van der Waals surface area contributed by atoms with Gasteiger partial charge in [0.15, 0.2) is 0 Å². The molecule has 0 saturated carbocycles. The van der Waals surface area contributed by atoms with E-state index in [1.807, 2.05) is 32.0 Å². The van der Waals surface area contributed by atoms with Crippen molar-refractivity contribution < 1.29 is 23.4 Å². The highest BCUT2D eigenvalue weighted by atomic mass is 19.3. The number of aryl methyl sites for hydroxylation is 2. The zero-order valence-corrected chi connectivity index (χ0v) is 11.6. The van der Waals surface area contributed by atoms with Gasteiger partial charge in [-0.05, 0) is 48.7 Å². The van der Waals surface area contributed by atoms with E-state index < -0.39 is 12.6 Å². The van der Waals surface area contributed by atoms with Crippen LogP contribution in [0.2, 0.25) is 0 Å². The largest absolute Gasteiger partial charge is 0.478 e. The predicted molar refractivity (Wildman–Crippen MR) is 74.9 cm³/mol. The molecule has 1 N–H and O–H groups in total. The van der Waals surface area contributed by atoms with Crippen LogP contribution in [0.3, 0.4) is 0 Å². The lowest BCUT2D eigenvalue weighted by Gasteiger charge is -2.11. The van der Waals surface area contributed by atoms with Gasteiger partial charge in [0.05, 0.1) is 5.56 Å². The van der Waals surface area contributed by atoms with Gasteiger partial charge in [0, 0.05) is 0 Å². The van der Waals surface area contributed by atoms with Crippen LogP contribution >= 0.6 is 0 Å². The van der Waals surface area contributed by atoms with Crippen LogP contribution in [0.15, 0.2) is 36.4 Å². The fraction of sp³-hybridized carbons (Fsp3) is 0.188. The summed E-state index contributed by atoms with van der Waals surface area (Å²) < 4.78 is 29.1. The molecule has 3 nitrogen and oxygen atoms in total. The Hall–Kier alpha value is -2.43. The summed E-state index contributed by atoms with van der Waals surface area (Å²) in [5.41, 5.74) is 3.15. The van der Waals surface area contributed by atoms with E-state index in [1.54, 1.807) is 0 Å². The molecule has 5 heteroatoms. The molecule has 0 aliphatic heterocycles. The van der Waals surface area contributed by atoms with E-state index in [2.05, 4.69) is 4.74 Å². The van der Waals surface area contributed by atoms with Crippen molar-refractivity contribution in [2.45, 2.75) is 20.5 Å². The number of hydrogen-bond donors (Lipinski definition) is 1. The van der Waals surface area contributed by atoms with Gasteiger partial charge < -0.3 is 9.84 Å². The zero-order valence-electron chi connectivity index (χ0n) is 11.6. The van der Waals surface area contributed by atoms with Crippen LogP contribution in [0.1, 0.15) is 21.5 Å². The number of hydrogen-bond acceptors (Lipinski definition) is 2. The Labute approximate surface area is 120 Å². The van der Waals surface area contributed by atoms with Crippen molar-refractivity contribution in [3.63, 3.8) is 0 Å². The third kappa shape index (κ3) is 3.56. The first-order valence-corrected chi connectivity index (χ1v) is 6.27. The summed E-state index contributed by atoms with van der Waals surface area (Å²) in [6.07, 6.45) is 0. The molecule has 0 heterocycles. The Morgan fingerprint density at radius 3 is 2.48 bits per heavy atom. The molecule has 0 aliphatic rings. The highest BCUT2D eigenvalue weighted by Crippen LogP contribution is 2.30. The van der Waals surface area contributed by atoms with Crippen LogP contribution in [0.4, 0.5) is 8.78 Å². The summed E-state index contributed by atoms with van der Waals surface area (Å²) in [6, 6.07) is 9.65. The van der Waals surface area contributed by atoms with E-state index in [9.17, 15) is 13.6 Å². The first kappa shape index (κ1) is 15.0. The standard InChI is InChI=1S/C16H14F2O3/c1-9-3-4-10(2)14(5-9)11-6-12(15(19)20)8-13(7-11)21-16(17)18/h3-8,16H,1-2H3,(H,19,20). The SMILES string of the molecule is Cc1ccc(C)c(-c2cc(OC(F)F)cc(C(=O)O)c2)c1. The fourth-order valence-electron chi connectivity index (χ4n) is 2.10. The number of halogens is 2. The topological polar surface area (TPSA) is 46.5 Å². The van der Waals surface area contributed by atoms with Gasteiger partial charge in [-0.25, -0.2) is 4.79 Å². The Kier molecular flexibility index (Phi) is 4.21. The number of ether oxygens (including phenoxy) is 1. The third-order valence-corrected chi connectivity index (χ3v) is 3.08. The molecule has 0 amide bonds. The Morgan fingerprint density at radius 1 is 1.14 bits per heavy atom. The molecular weight excluding hydrogens is 278 g/mol. The van der Waals surface area contributed by atoms with Gasteiger partial charge in [-0.2, -0.15) is 8.78 Å². The van der Waals surface area contributed by atoms with E-state index in [-0.39, 0.29) is 11.3 Å². The first-order valence-electron chi connectivity index (χ1n) is 6.27. The van der Waals surface area contributed by atoms with Crippen LogP contribution in [0, 0.1) is 13.8 Å². The quantitative estimate of drug-likeness (QED) is 0.915. The van der Waals surface area contributed by atoms with Gasteiger partial charge in [-0.15, -0.1) is 0 Å². The normalized spacial score (nSPS) is 10.7. The summed E-state index contributed by atoms with van der Waals surface area (Å²) in [4.78, 5) is 11.1. The van der Waals surface area contributed by atoms with Crippen molar-refractivity contribution in [2.24, 2.45) is 0 Å². The molecular formula is C16H14F2O3. The Morgan fingerprint density at radius 2 is 1.86 bits per heavy atom. The van der Waals surface area contributed by atoms with Crippen LogP contribution in [0.5, 0.6) is 5.75 Å². The van der Waals surface area contributed by atoms with Gasteiger partial charge >= 0.3 is 12.6 Å². The first-order chi connectivity index (χ1) is 9.86. The molecule has 0 fully saturated rings. The molecule has 0 aliphatic carbocycles. The second-order valence-electron chi connectivity index (χ2n) is 4.75. The minimum Gasteiger partial charge on any atom is -0.478 e. The van der Waals surface area contributed by atoms with E-state index in [0.717, 1.165) is 22.8 Å². The van der Waals surface area contributed by atoms with Gasteiger partial charge in [-0.3, -0.25) is 0 Å². The lowest BCUT2D eigenvalue weighted by atomic mass is 9.97. The van der Waals surface area contributed by atoms with Gasteiger partial charge in [0.25, 0.3) is 0 Å². The highest BCUT2D eigenvalue weighted by Gasteiger charge is 2.13. The molecule has 0 spiro atoms. The van der Waals surface area contributed by atoms with Crippen molar-refractivity contribution in [3.8, 4) is 16.9 Å². The van der Waals surface area contributed by atoms with E-state index >= 15 is 0 Å². The number of alkyl halides is 2. The average molecular weight is 292 g/mol. The number of carboxylic acid groups (broad SMARTS) is 1. The van der Waals surface area contributed by atoms with E-state index in [0.29, 0.717) is 5.56 Å². The number of aromatic carboxylic acids is 1. The molecule has 2 rings (SSSR count). The van der Waals surface area contributed by atoms with Crippen molar-refractivity contribution in [2.75, 3.05) is 0 Å². The van der Waals surface area contributed by atoms with Crippen LogP contribution < -0.4 is 4.74 Å². The number of carbonyl (C=O) groups is 1. The number of carboxylic acids is 1. The van der Waals surface area contributed by atoms with E-state index in [1.165, 1.54) is 12.1 Å². The summed E-state index contributed by atoms with van der Waals surface area (Å²) in [7, 11) is 0. The molecule has 21 heavy (non-hydrogen) atoms. The molecule has 0 atom stereocenters. The summed E-state index contributed by atoms with van der Waals surface area (Å²) in [6.45, 7) is 0.775. The van der Waals surface area contributed by atoms with Crippen LogP contribution in [0.25, 0.3) is 11.1 Å². The maximum absolute atomic E-state index is 12.4. The van der Waals surface area contributed by atoms with Gasteiger partial charge in [-0.1, -0.05) is 23.8 Å². The average Bonchev–Trinajstić information content (AvgIpc) is 2.40. The smallest absolute Gasteiger partial charge is 0.387 e. The third-order valence-electron chi connectivity index (χ3n) is 3.08. The maximum atomic E-state index is 12.4.